The average molecular weight is 526 g/mol. The lowest BCUT2D eigenvalue weighted by molar-refractivity contribution is -0.108. The fraction of sp³-hybridized carbons (Fsp3) is 0.435. The molecule has 1 aliphatic rings. The number of halogens is 2. The maximum atomic E-state index is 11.0. The number of carbonyl (C=O) groups is 1. The summed E-state index contributed by atoms with van der Waals surface area (Å²) in [6, 6.07) is 10.7. The highest BCUT2D eigenvalue weighted by molar-refractivity contribution is 9.10. The molecule has 6 heteroatoms. The fourth-order valence-electron chi connectivity index (χ4n) is 4.42. The van der Waals surface area contributed by atoms with Crippen molar-refractivity contribution in [2.75, 3.05) is 27.6 Å². The molecular weight excluding hydrogens is 500 g/mol. The molecule has 2 aromatic carbocycles. The average Bonchev–Trinajstić information content (AvgIpc) is 2.96. The van der Waals surface area contributed by atoms with Gasteiger partial charge in [0.2, 0.25) is 0 Å². The molecule has 0 fully saturated rings. The molecule has 0 aliphatic heterocycles. The van der Waals surface area contributed by atoms with E-state index >= 15 is 0 Å². The van der Waals surface area contributed by atoms with Gasteiger partial charge in [0.25, 0.3) is 0 Å². The lowest BCUT2D eigenvalue weighted by Crippen LogP contribution is -2.26. The third kappa shape index (κ3) is 4.61. The van der Waals surface area contributed by atoms with Crippen molar-refractivity contribution in [3.05, 3.63) is 50.4 Å². The SMILES string of the molecule is COCCCC1(CCCC=O)c2cc(Br)ccc2-c2c(OCOC)cc(Br)cc21. The van der Waals surface area contributed by atoms with Crippen LogP contribution in [0.15, 0.2) is 39.3 Å². The Labute approximate surface area is 189 Å². The van der Waals surface area contributed by atoms with Gasteiger partial charge in [-0.05, 0) is 66.6 Å². The molecule has 156 valence electrons. The smallest absolute Gasteiger partial charge is 0.188 e. The third-order valence-electron chi connectivity index (χ3n) is 5.56. The topological polar surface area (TPSA) is 44.8 Å². The molecule has 0 saturated heterocycles. The van der Waals surface area contributed by atoms with Crippen LogP contribution in [0.3, 0.4) is 0 Å². The molecule has 0 aromatic heterocycles. The monoisotopic (exact) mass is 524 g/mol. The van der Waals surface area contributed by atoms with Gasteiger partial charge >= 0.3 is 0 Å². The van der Waals surface area contributed by atoms with Crippen LogP contribution < -0.4 is 4.74 Å². The maximum Gasteiger partial charge on any atom is 0.188 e. The zero-order valence-corrected chi connectivity index (χ0v) is 20.0. The Hall–Kier alpha value is -1.21. The first-order valence-corrected chi connectivity index (χ1v) is 11.3. The summed E-state index contributed by atoms with van der Waals surface area (Å²) < 4.78 is 18.5. The van der Waals surface area contributed by atoms with Gasteiger partial charge in [-0.1, -0.05) is 37.9 Å². The van der Waals surface area contributed by atoms with Gasteiger partial charge < -0.3 is 19.0 Å². The summed E-state index contributed by atoms with van der Waals surface area (Å²) in [6.07, 6.45) is 5.18. The van der Waals surface area contributed by atoms with E-state index in [1.807, 2.05) is 6.07 Å². The summed E-state index contributed by atoms with van der Waals surface area (Å²) in [5.41, 5.74) is 4.64. The summed E-state index contributed by atoms with van der Waals surface area (Å²) in [6.45, 7) is 0.895. The molecule has 1 atom stereocenters. The second kappa shape index (κ2) is 10.2. The molecule has 0 spiro atoms. The predicted octanol–water partition coefficient (Wildman–Crippen LogP) is 6.26. The number of hydrogen-bond donors (Lipinski definition) is 0. The Kier molecular flexibility index (Phi) is 7.91. The number of ether oxygens (including phenoxy) is 3. The molecule has 29 heavy (non-hydrogen) atoms. The largest absolute Gasteiger partial charge is 0.467 e. The van der Waals surface area contributed by atoms with Crippen molar-refractivity contribution in [3.63, 3.8) is 0 Å². The summed E-state index contributed by atoms with van der Waals surface area (Å²) in [7, 11) is 3.36. The first kappa shape index (κ1) is 22.5. The van der Waals surface area contributed by atoms with E-state index in [2.05, 4.69) is 56.1 Å². The highest BCUT2D eigenvalue weighted by Gasteiger charge is 2.44. The summed E-state index contributed by atoms with van der Waals surface area (Å²) in [5, 5.41) is 0. The van der Waals surface area contributed by atoms with Gasteiger partial charge in [0.05, 0.1) is 0 Å². The molecule has 3 rings (SSSR count). The van der Waals surface area contributed by atoms with Crippen LogP contribution in [0.2, 0.25) is 0 Å². The standard InChI is InChI=1S/C23H26Br2O4/c1-27-11-5-9-23(8-3-4-10-26)19-12-16(24)6-7-18(19)22-20(23)13-17(25)14-21(22)29-15-28-2/h6-7,10,12-14H,3-5,8-9,11,15H2,1-2H3. The molecule has 0 N–H and O–H groups in total. The third-order valence-corrected chi connectivity index (χ3v) is 6.51. The molecule has 0 radical (unpaired) electrons. The molecule has 0 bridgehead atoms. The molecule has 0 amide bonds. The van der Waals surface area contributed by atoms with Crippen molar-refractivity contribution in [2.24, 2.45) is 0 Å². The van der Waals surface area contributed by atoms with Crippen LogP contribution in [0.1, 0.15) is 43.2 Å². The molecule has 1 unspecified atom stereocenters. The van der Waals surface area contributed by atoms with Crippen molar-refractivity contribution < 1.29 is 19.0 Å². The van der Waals surface area contributed by atoms with Crippen LogP contribution in [-0.2, 0) is 19.7 Å². The van der Waals surface area contributed by atoms with Crippen LogP contribution in [0.4, 0.5) is 0 Å². The van der Waals surface area contributed by atoms with Gasteiger partial charge in [0.15, 0.2) is 6.79 Å². The summed E-state index contributed by atoms with van der Waals surface area (Å²) in [4.78, 5) is 11.0. The van der Waals surface area contributed by atoms with Crippen molar-refractivity contribution in [1.82, 2.24) is 0 Å². The van der Waals surface area contributed by atoms with Crippen molar-refractivity contribution in [1.29, 1.82) is 0 Å². The number of unbranched alkanes of at least 4 members (excludes halogenated alkanes) is 1. The highest BCUT2D eigenvalue weighted by atomic mass is 79.9. The van der Waals surface area contributed by atoms with E-state index in [9.17, 15) is 4.79 Å². The fourth-order valence-corrected chi connectivity index (χ4v) is 5.22. The lowest BCUT2D eigenvalue weighted by atomic mass is 9.71. The van der Waals surface area contributed by atoms with Crippen LogP contribution in [0.5, 0.6) is 5.75 Å². The predicted molar refractivity (Wildman–Crippen MR) is 122 cm³/mol. The molecular formula is C23H26Br2O4. The van der Waals surface area contributed by atoms with E-state index in [0.29, 0.717) is 13.0 Å². The number of aldehydes is 1. The van der Waals surface area contributed by atoms with E-state index < -0.39 is 0 Å². The second-order valence-corrected chi connectivity index (χ2v) is 9.14. The van der Waals surface area contributed by atoms with Gasteiger partial charge in [-0.2, -0.15) is 0 Å². The number of methoxy groups -OCH3 is 2. The molecule has 0 heterocycles. The number of carbonyl (C=O) groups excluding carboxylic acids is 1. The van der Waals surface area contributed by atoms with Crippen LogP contribution in [0.25, 0.3) is 11.1 Å². The molecule has 2 aromatic rings. The summed E-state index contributed by atoms with van der Waals surface area (Å²) in [5.74, 6) is 0.809. The van der Waals surface area contributed by atoms with Gasteiger partial charge in [-0.25, -0.2) is 0 Å². The number of rotatable bonds is 11. The Morgan fingerprint density at radius 3 is 2.45 bits per heavy atom. The van der Waals surface area contributed by atoms with Crippen LogP contribution >= 0.6 is 31.9 Å². The first-order chi connectivity index (χ1) is 14.1. The normalized spacial score (nSPS) is 17.1. The van der Waals surface area contributed by atoms with Gasteiger partial charge in [0.1, 0.15) is 12.0 Å². The van der Waals surface area contributed by atoms with Crippen molar-refractivity contribution in [2.45, 2.75) is 37.5 Å². The Morgan fingerprint density at radius 2 is 1.72 bits per heavy atom. The lowest BCUT2D eigenvalue weighted by Gasteiger charge is -2.33. The van der Waals surface area contributed by atoms with Crippen molar-refractivity contribution in [3.8, 4) is 16.9 Å². The van der Waals surface area contributed by atoms with Gasteiger partial charge in [0, 0.05) is 47.2 Å². The first-order valence-electron chi connectivity index (χ1n) is 9.76. The number of benzene rings is 2. The Balaban J connectivity index is 2.21. The molecule has 4 nitrogen and oxygen atoms in total. The number of fused-ring (bicyclic) bond motifs is 3. The second-order valence-electron chi connectivity index (χ2n) is 7.30. The van der Waals surface area contributed by atoms with E-state index in [1.54, 1.807) is 14.2 Å². The summed E-state index contributed by atoms with van der Waals surface area (Å²) >= 11 is 7.33. The Bertz CT molecular complexity index is 868. The zero-order valence-electron chi connectivity index (χ0n) is 16.8. The quantitative estimate of drug-likeness (QED) is 0.197. The van der Waals surface area contributed by atoms with Crippen molar-refractivity contribution >= 4 is 38.1 Å². The minimum absolute atomic E-state index is 0.190. The zero-order chi connectivity index (χ0) is 20.9. The van der Waals surface area contributed by atoms with E-state index in [4.69, 9.17) is 14.2 Å². The minimum atomic E-state index is -0.190. The van der Waals surface area contributed by atoms with Crippen LogP contribution in [0, 0.1) is 0 Å². The highest BCUT2D eigenvalue weighted by Crippen LogP contribution is 2.57. The maximum absolute atomic E-state index is 11.0. The number of hydrogen-bond acceptors (Lipinski definition) is 4. The van der Waals surface area contributed by atoms with Gasteiger partial charge in [-0.3, -0.25) is 0 Å². The van der Waals surface area contributed by atoms with E-state index in [1.165, 1.54) is 16.7 Å². The molecule has 0 saturated carbocycles. The molecule has 1 aliphatic carbocycles. The van der Waals surface area contributed by atoms with E-state index in [0.717, 1.165) is 52.2 Å². The van der Waals surface area contributed by atoms with Gasteiger partial charge in [-0.15, -0.1) is 0 Å². The van der Waals surface area contributed by atoms with Crippen LogP contribution in [-0.4, -0.2) is 33.9 Å². The Morgan fingerprint density at radius 1 is 0.966 bits per heavy atom. The minimum Gasteiger partial charge on any atom is -0.467 e. The van der Waals surface area contributed by atoms with E-state index in [-0.39, 0.29) is 12.2 Å².